The number of hydrogen-bond acceptors (Lipinski definition) is 3. The van der Waals surface area contributed by atoms with Crippen molar-refractivity contribution in [2.75, 3.05) is 10.2 Å². The van der Waals surface area contributed by atoms with Crippen LogP contribution in [0.1, 0.15) is 22.3 Å². The predicted octanol–water partition coefficient (Wildman–Crippen LogP) is 19.8. The van der Waals surface area contributed by atoms with Crippen LogP contribution < -0.4 is 10.2 Å². The van der Waals surface area contributed by atoms with Crippen LogP contribution in [0.2, 0.25) is 0 Å². The number of anilines is 5. The van der Waals surface area contributed by atoms with Crippen molar-refractivity contribution in [3.05, 3.63) is 307 Å². The van der Waals surface area contributed by atoms with E-state index in [1.165, 1.54) is 86.6 Å². The summed E-state index contributed by atoms with van der Waals surface area (Å²) in [6.07, 6.45) is 0. The highest BCUT2D eigenvalue weighted by molar-refractivity contribution is 7.27. The highest BCUT2D eigenvalue weighted by Crippen LogP contribution is 2.59. The number of fused-ring (bicyclic) bond motifs is 8. The molecule has 1 N–H and O–H groups in total. The molecule has 0 atom stereocenters. The lowest BCUT2D eigenvalue weighted by atomic mass is 9.68. The average molecular weight is 961 g/mol. The third-order valence-corrected chi connectivity index (χ3v) is 16.4. The molecule has 1 aromatic heterocycles. The van der Waals surface area contributed by atoms with Crippen LogP contribution in [0.25, 0.3) is 75.5 Å². The van der Waals surface area contributed by atoms with E-state index in [2.05, 4.69) is 295 Å². The van der Waals surface area contributed by atoms with Crippen LogP contribution in [0.4, 0.5) is 28.4 Å². The fourth-order valence-corrected chi connectivity index (χ4v) is 13.2. The van der Waals surface area contributed by atoms with Crippen LogP contribution in [0, 0.1) is 0 Å². The Bertz CT molecular complexity index is 4160. The maximum absolute atomic E-state index is 3.75. The van der Waals surface area contributed by atoms with Crippen molar-refractivity contribution in [3.63, 3.8) is 0 Å². The van der Waals surface area contributed by atoms with Crippen molar-refractivity contribution in [2.24, 2.45) is 0 Å². The number of hydrogen-bond donors (Lipinski definition) is 1. The van der Waals surface area contributed by atoms with Gasteiger partial charge in [-0.2, -0.15) is 0 Å². The largest absolute Gasteiger partial charge is 0.355 e. The minimum atomic E-state index is -0.529. The highest BCUT2D eigenvalue weighted by Gasteiger charge is 2.47. The van der Waals surface area contributed by atoms with E-state index >= 15 is 0 Å². The third kappa shape index (κ3) is 7.16. The van der Waals surface area contributed by atoms with E-state index in [9.17, 15) is 0 Å². The van der Waals surface area contributed by atoms with Crippen molar-refractivity contribution < 1.29 is 0 Å². The zero-order valence-corrected chi connectivity index (χ0v) is 41.3. The van der Waals surface area contributed by atoms with Gasteiger partial charge in [0.05, 0.1) is 11.1 Å². The van der Waals surface area contributed by atoms with Gasteiger partial charge in [0.15, 0.2) is 0 Å². The summed E-state index contributed by atoms with van der Waals surface area (Å²) in [6, 6.07) is 104. The Labute approximate surface area is 435 Å². The maximum Gasteiger partial charge on any atom is 0.0714 e. The first-order chi connectivity index (χ1) is 36.7. The minimum absolute atomic E-state index is 0.529. The zero-order valence-electron chi connectivity index (χ0n) is 40.5. The van der Waals surface area contributed by atoms with Gasteiger partial charge in [0.1, 0.15) is 0 Å². The molecule has 0 radical (unpaired) electrons. The van der Waals surface area contributed by atoms with Gasteiger partial charge in [0.2, 0.25) is 0 Å². The van der Waals surface area contributed by atoms with Crippen LogP contribution >= 0.6 is 11.3 Å². The monoisotopic (exact) mass is 960 g/mol. The first kappa shape index (κ1) is 43.5. The molecule has 0 fully saturated rings. The van der Waals surface area contributed by atoms with E-state index in [1.54, 1.807) is 0 Å². The lowest BCUT2D eigenvalue weighted by Crippen LogP contribution is -2.28. The van der Waals surface area contributed by atoms with Crippen molar-refractivity contribution in [3.8, 4) is 44.5 Å². The van der Waals surface area contributed by atoms with Crippen LogP contribution in [0.5, 0.6) is 0 Å². The van der Waals surface area contributed by atoms with Gasteiger partial charge in [-0.15, -0.1) is 11.3 Å². The molecule has 0 bridgehead atoms. The van der Waals surface area contributed by atoms with Gasteiger partial charge in [-0.05, 0) is 115 Å². The minimum Gasteiger partial charge on any atom is -0.355 e. The smallest absolute Gasteiger partial charge is 0.0714 e. The van der Waals surface area contributed by atoms with E-state index in [0.717, 1.165) is 39.6 Å². The van der Waals surface area contributed by atoms with E-state index in [4.69, 9.17) is 0 Å². The zero-order chi connectivity index (χ0) is 49.0. The van der Waals surface area contributed by atoms with E-state index in [1.807, 2.05) is 11.3 Å². The van der Waals surface area contributed by atoms with Crippen LogP contribution in [-0.4, -0.2) is 0 Å². The number of nitrogens with zero attached hydrogens (tertiary/aromatic N) is 1. The summed E-state index contributed by atoms with van der Waals surface area (Å²) in [6.45, 7) is 0. The SMILES string of the molecule is c1ccc(-c2ccccc2Nc2cccc(-c3ccc(N(c4ccc(-c5cccc6c5sc5c7ccccc7ccc65)cc4)c4cccc5c4-c4ccccc4C5(c4ccccc4)c4ccccc4)cc3)c2)cc1. The second-order valence-electron chi connectivity index (χ2n) is 19.2. The molecule has 1 heterocycles. The molecule has 3 heteroatoms. The summed E-state index contributed by atoms with van der Waals surface area (Å²) in [4.78, 5) is 2.47. The van der Waals surface area contributed by atoms with Crippen molar-refractivity contribution in [1.82, 2.24) is 0 Å². The van der Waals surface area contributed by atoms with Crippen molar-refractivity contribution >= 4 is 70.7 Å². The lowest BCUT2D eigenvalue weighted by Gasteiger charge is -2.34. The second-order valence-corrected chi connectivity index (χ2v) is 20.2. The molecule has 14 rings (SSSR count). The number of thiophene rings is 1. The normalized spacial score (nSPS) is 12.4. The molecule has 0 aliphatic heterocycles. The summed E-state index contributed by atoms with van der Waals surface area (Å²) in [5.74, 6) is 0. The molecule has 348 valence electrons. The number of benzene rings is 12. The quantitative estimate of drug-likeness (QED) is 0.147. The summed E-state index contributed by atoms with van der Waals surface area (Å²) in [5.41, 5.74) is 19.5. The van der Waals surface area contributed by atoms with Gasteiger partial charge in [0.25, 0.3) is 0 Å². The van der Waals surface area contributed by atoms with Crippen LogP contribution in [0.3, 0.4) is 0 Å². The van der Waals surface area contributed by atoms with E-state index < -0.39 is 5.41 Å². The summed E-state index contributed by atoms with van der Waals surface area (Å²) in [5, 5.41) is 8.95. The Hall–Kier alpha value is -9.28. The average Bonchev–Trinajstić information content (AvgIpc) is 4.04. The van der Waals surface area contributed by atoms with Gasteiger partial charge in [-0.1, -0.05) is 237 Å². The Morgan fingerprint density at radius 1 is 0.338 bits per heavy atom. The molecular weight excluding hydrogens is 913 g/mol. The molecule has 0 saturated heterocycles. The summed E-state index contributed by atoms with van der Waals surface area (Å²) < 4.78 is 2.66. The predicted molar refractivity (Wildman–Crippen MR) is 315 cm³/mol. The number of para-hydroxylation sites is 1. The Morgan fingerprint density at radius 2 is 0.878 bits per heavy atom. The van der Waals surface area contributed by atoms with Crippen molar-refractivity contribution in [2.45, 2.75) is 5.41 Å². The third-order valence-electron chi connectivity index (χ3n) is 15.1. The molecule has 0 amide bonds. The standard InChI is InChI=1S/C71H48N2S/c1-4-19-49(20-5-1)58-28-13-15-35-66(58)72-55-27-16-22-52(47-55)48-37-42-56(43-38-48)73(57-44-39-51(40-45-57)60-31-17-32-61-62-46-41-50-21-10-11-29-59(50)70(62)74-69(60)61)67-36-18-34-65-68(67)63-30-12-14-33-64(63)71(65,53-23-6-2-7-24-53)54-25-8-3-9-26-54/h1-47,72H. The first-order valence-electron chi connectivity index (χ1n) is 25.4. The Balaban J connectivity index is 0.909. The number of rotatable bonds is 10. The molecule has 12 aromatic carbocycles. The summed E-state index contributed by atoms with van der Waals surface area (Å²) in [7, 11) is 0. The molecular formula is C71H48N2S. The molecule has 74 heavy (non-hydrogen) atoms. The van der Waals surface area contributed by atoms with Gasteiger partial charge in [-0.25, -0.2) is 0 Å². The van der Waals surface area contributed by atoms with E-state index in [0.29, 0.717) is 0 Å². The lowest BCUT2D eigenvalue weighted by molar-refractivity contribution is 0.768. The molecule has 0 spiro atoms. The maximum atomic E-state index is 3.75. The molecule has 1 aliphatic carbocycles. The van der Waals surface area contributed by atoms with Gasteiger partial charge in [0, 0.05) is 54.0 Å². The van der Waals surface area contributed by atoms with E-state index in [-0.39, 0.29) is 0 Å². The highest BCUT2D eigenvalue weighted by atomic mass is 32.1. The second kappa shape index (κ2) is 18.1. The number of nitrogens with one attached hydrogen (secondary N) is 1. The fraction of sp³-hybridized carbons (Fsp3) is 0.0141. The van der Waals surface area contributed by atoms with Crippen LogP contribution in [-0.2, 0) is 5.41 Å². The first-order valence-corrected chi connectivity index (χ1v) is 26.2. The van der Waals surface area contributed by atoms with Gasteiger partial charge < -0.3 is 10.2 Å². The molecule has 0 unspecified atom stereocenters. The molecule has 13 aromatic rings. The van der Waals surface area contributed by atoms with Gasteiger partial charge in [-0.3, -0.25) is 0 Å². The molecule has 2 nitrogen and oxygen atoms in total. The van der Waals surface area contributed by atoms with Crippen LogP contribution in [0.15, 0.2) is 285 Å². The molecule has 1 aliphatic rings. The van der Waals surface area contributed by atoms with Crippen molar-refractivity contribution in [1.29, 1.82) is 0 Å². The fourth-order valence-electron chi connectivity index (χ4n) is 11.8. The Kier molecular flexibility index (Phi) is 10.6. The molecule has 0 saturated carbocycles. The summed E-state index contributed by atoms with van der Waals surface area (Å²) >= 11 is 1.91. The topological polar surface area (TPSA) is 15.3 Å². The Morgan fingerprint density at radius 3 is 1.64 bits per heavy atom. The van der Waals surface area contributed by atoms with Gasteiger partial charge >= 0.3 is 0 Å².